The van der Waals surface area contributed by atoms with Crippen LogP contribution in [0.4, 0.5) is 0 Å². The molecule has 7 heteroatoms. The molecule has 2 aliphatic rings. The monoisotopic (exact) mass is 336 g/mol. The summed E-state index contributed by atoms with van der Waals surface area (Å²) < 4.78 is 11.2. The second kappa shape index (κ2) is 5.58. The maximum absolute atomic E-state index is 12.6. The molecule has 0 aliphatic heterocycles. The number of carboxylic acid groups (broad SMARTS) is 1. The largest absolute Gasteiger partial charge is 0.479 e. The van der Waals surface area contributed by atoms with Crippen LogP contribution in [-0.2, 0) is 9.53 Å². The van der Waals surface area contributed by atoms with Crippen LogP contribution in [0.2, 0.25) is 0 Å². The summed E-state index contributed by atoms with van der Waals surface area (Å²) in [5.41, 5.74) is -1.60. The molecule has 0 aromatic carbocycles. The molecular formula is C17H24N2O5. The smallest absolute Gasteiger partial charge is 0.330 e. The Labute approximate surface area is 140 Å². The first-order valence-corrected chi connectivity index (χ1v) is 8.37. The molecule has 7 nitrogen and oxygen atoms in total. The zero-order valence-corrected chi connectivity index (χ0v) is 14.5. The maximum atomic E-state index is 12.6. The Morgan fingerprint density at radius 2 is 2.08 bits per heavy atom. The van der Waals surface area contributed by atoms with Crippen molar-refractivity contribution in [3.63, 3.8) is 0 Å². The van der Waals surface area contributed by atoms with Crippen molar-refractivity contribution in [1.29, 1.82) is 0 Å². The molecule has 0 bridgehead atoms. The average molecular weight is 336 g/mol. The van der Waals surface area contributed by atoms with Crippen molar-refractivity contribution in [2.24, 2.45) is 5.41 Å². The lowest BCUT2D eigenvalue weighted by atomic mass is 9.54. The molecule has 1 aromatic heterocycles. The molecule has 1 aromatic rings. The van der Waals surface area contributed by atoms with Crippen LogP contribution in [0.5, 0.6) is 0 Å². The lowest BCUT2D eigenvalue weighted by Gasteiger charge is -2.58. The molecule has 0 saturated heterocycles. The molecule has 2 fully saturated rings. The third-order valence-electron chi connectivity index (χ3n) is 5.40. The van der Waals surface area contributed by atoms with Gasteiger partial charge in [-0.3, -0.25) is 4.79 Å². The number of hydrogen-bond acceptors (Lipinski definition) is 5. The number of aliphatic carboxylic acids is 1. The third kappa shape index (κ3) is 2.42. The van der Waals surface area contributed by atoms with Crippen LogP contribution in [0.3, 0.4) is 0 Å². The fraction of sp³-hybridized carbons (Fsp3) is 0.706. The molecule has 132 valence electrons. The molecule has 2 atom stereocenters. The highest BCUT2D eigenvalue weighted by Crippen LogP contribution is 2.51. The van der Waals surface area contributed by atoms with E-state index in [-0.39, 0.29) is 18.3 Å². The van der Waals surface area contributed by atoms with Gasteiger partial charge in [-0.05, 0) is 26.7 Å². The van der Waals surface area contributed by atoms with E-state index in [1.807, 2.05) is 6.92 Å². The number of carbonyl (C=O) groups is 2. The van der Waals surface area contributed by atoms with Crippen molar-refractivity contribution in [1.82, 2.24) is 10.3 Å². The first kappa shape index (κ1) is 17.0. The minimum atomic E-state index is -1.37. The molecule has 3 rings (SSSR count). The number of hydrogen-bond donors (Lipinski definition) is 2. The molecule has 24 heavy (non-hydrogen) atoms. The molecule has 2 saturated carbocycles. The number of carboxylic acids is 1. The van der Waals surface area contributed by atoms with Gasteiger partial charge in [-0.15, -0.1) is 0 Å². The van der Waals surface area contributed by atoms with Gasteiger partial charge in [-0.25, -0.2) is 9.78 Å². The van der Waals surface area contributed by atoms with Crippen LogP contribution in [0.25, 0.3) is 0 Å². The van der Waals surface area contributed by atoms with Gasteiger partial charge >= 0.3 is 5.97 Å². The van der Waals surface area contributed by atoms with E-state index in [9.17, 15) is 14.7 Å². The van der Waals surface area contributed by atoms with E-state index in [1.54, 1.807) is 20.8 Å². The Morgan fingerprint density at radius 1 is 1.42 bits per heavy atom. The summed E-state index contributed by atoms with van der Waals surface area (Å²) in [6.07, 6.45) is 2.06. The SMILES string of the molecule is CCO[C@@H]1C[C@](NC(=O)c2oc(C3CC3)nc2C)(C(=O)O)C1(C)C. The van der Waals surface area contributed by atoms with Gasteiger partial charge in [-0.1, -0.05) is 13.8 Å². The number of nitrogens with zero attached hydrogens (tertiary/aromatic N) is 1. The predicted molar refractivity (Wildman–Crippen MR) is 84.9 cm³/mol. The van der Waals surface area contributed by atoms with Crippen molar-refractivity contribution in [2.75, 3.05) is 6.61 Å². The van der Waals surface area contributed by atoms with E-state index in [4.69, 9.17) is 9.15 Å². The first-order valence-electron chi connectivity index (χ1n) is 8.37. The van der Waals surface area contributed by atoms with Gasteiger partial charge in [0, 0.05) is 24.4 Å². The summed E-state index contributed by atoms with van der Waals surface area (Å²) in [5, 5.41) is 12.4. The van der Waals surface area contributed by atoms with Crippen LogP contribution in [0, 0.1) is 12.3 Å². The van der Waals surface area contributed by atoms with E-state index in [1.165, 1.54) is 0 Å². The minimum absolute atomic E-state index is 0.105. The first-order chi connectivity index (χ1) is 11.2. The van der Waals surface area contributed by atoms with Crippen LogP contribution in [0.1, 0.15) is 68.1 Å². The fourth-order valence-corrected chi connectivity index (χ4v) is 3.42. The number of amides is 1. The van der Waals surface area contributed by atoms with Gasteiger partial charge in [0.25, 0.3) is 5.91 Å². The highest BCUT2D eigenvalue weighted by molar-refractivity contribution is 5.97. The van der Waals surface area contributed by atoms with E-state index >= 15 is 0 Å². The third-order valence-corrected chi connectivity index (χ3v) is 5.40. The highest BCUT2D eigenvalue weighted by Gasteiger charge is 2.66. The van der Waals surface area contributed by atoms with E-state index in [0.29, 0.717) is 24.1 Å². The lowest BCUT2D eigenvalue weighted by Crippen LogP contribution is -2.76. The van der Waals surface area contributed by atoms with Crippen LogP contribution < -0.4 is 5.32 Å². The molecule has 1 heterocycles. The molecule has 2 N–H and O–H groups in total. The van der Waals surface area contributed by atoms with E-state index in [2.05, 4.69) is 10.3 Å². The molecular weight excluding hydrogens is 312 g/mol. The standard InChI is InChI=1S/C17H24N2O5/c1-5-23-11-8-17(15(21)22,16(11,3)4)19-13(20)12-9(2)18-14(24-12)10-6-7-10/h10-11H,5-8H2,1-4H3,(H,19,20)(H,21,22)/t11-,17+/m1/s1. The van der Waals surface area contributed by atoms with E-state index in [0.717, 1.165) is 12.8 Å². The van der Waals surface area contributed by atoms with Crippen LogP contribution in [-0.4, -0.2) is 40.2 Å². The second-order valence-corrected chi connectivity index (χ2v) is 7.28. The summed E-state index contributed by atoms with van der Waals surface area (Å²) in [5.74, 6) is -0.620. The van der Waals surface area contributed by atoms with Gasteiger partial charge in [0.15, 0.2) is 5.89 Å². The fourth-order valence-electron chi connectivity index (χ4n) is 3.42. The van der Waals surface area contributed by atoms with E-state index < -0.39 is 22.8 Å². The number of nitrogens with one attached hydrogen (secondary N) is 1. The Morgan fingerprint density at radius 3 is 2.58 bits per heavy atom. The summed E-state index contributed by atoms with van der Waals surface area (Å²) in [4.78, 5) is 28.9. The Bertz CT molecular complexity index is 677. The van der Waals surface area contributed by atoms with Gasteiger partial charge in [-0.2, -0.15) is 0 Å². The normalized spacial score (nSPS) is 28.2. The number of oxazole rings is 1. The van der Waals surface area contributed by atoms with Crippen molar-refractivity contribution in [3.05, 3.63) is 17.3 Å². The summed E-state index contributed by atoms with van der Waals surface area (Å²) in [6, 6.07) is 0. The molecule has 0 unspecified atom stereocenters. The number of aromatic nitrogens is 1. The van der Waals surface area contributed by atoms with Crippen LogP contribution in [0.15, 0.2) is 4.42 Å². The van der Waals surface area contributed by atoms with Crippen LogP contribution >= 0.6 is 0 Å². The molecule has 0 spiro atoms. The number of ether oxygens (including phenoxy) is 1. The Balaban J connectivity index is 1.82. The molecule has 1 amide bonds. The van der Waals surface area contributed by atoms with Gasteiger partial charge in [0.05, 0.1) is 11.8 Å². The van der Waals surface area contributed by atoms with Gasteiger partial charge in [0.2, 0.25) is 5.76 Å². The van der Waals surface area contributed by atoms with Crippen molar-refractivity contribution < 1.29 is 23.8 Å². The predicted octanol–water partition coefficient (Wildman–Crippen LogP) is 2.25. The van der Waals surface area contributed by atoms with Gasteiger partial charge < -0.3 is 19.6 Å². The topological polar surface area (TPSA) is 102 Å². The summed E-state index contributed by atoms with van der Waals surface area (Å²) in [6.45, 7) is 7.67. The zero-order chi connectivity index (χ0) is 17.7. The maximum Gasteiger partial charge on any atom is 0.330 e. The highest BCUT2D eigenvalue weighted by atomic mass is 16.5. The molecule has 0 radical (unpaired) electrons. The Kier molecular flexibility index (Phi) is 3.94. The Hall–Kier alpha value is -1.89. The summed E-state index contributed by atoms with van der Waals surface area (Å²) in [7, 11) is 0. The van der Waals surface area contributed by atoms with Crippen molar-refractivity contribution >= 4 is 11.9 Å². The summed E-state index contributed by atoms with van der Waals surface area (Å²) >= 11 is 0. The quantitative estimate of drug-likeness (QED) is 0.826. The minimum Gasteiger partial charge on any atom is -0.479 e. The zero-order valence-electron chi connectivity index (χ0n) is 14.5. The second-order valence-electron chi connectivity index (χ2n) is 7.28. The number of carbonyl (C=O) groups excluding carboxylic acids is 1. The van der Waals surface area contributed by atoms with Crippen molar-refractivity contribution in [2.45, 2.75) is 64.5 Å². The molecule has 2 aliphatic carbocycles. The average Bonchev–Trinajstić information content (AvgIpc) is 3.28. The van der Waals surface area contributed by atoms with Gasteiger partial charge in [0.1, 0.15) is 5.54 Å². The number of rotatable bonds is 6. The van der Waals surface area contributed by atoms with Crippen molar-refractivity contribution in [3.8, 4) is 0 Å². The lowest BCUT2D eigenvalue weighted by molar-refractivity contribution is -0.190. The number of aryl methyl sites for hydroxylation is 1.